The molecule has 0 aliphatic heterocycles. The third-order valence-corrected chi connectivity index (χ3v) is 2.75. The van der Waals surface area contributed by atoms with Crippen LogP contribution in [0.3, 0.4) is 0 Å². The molecule has 15 heavy (non-hydrogen) atoms. The van der Waals surface area contributed by atoms with Crippen LogP contribution in [0.4, 0.5) is 0 Å². The van der Waals surface area contributed by atoms with Gasteiger partial charge in [0.05, 0.1) is 17.3 Å². The molecule has 4 nitrogen and oxygen atoms in total. The van der Waals surface area contributed by atoms with Crippen molar-refractivity contribution >= 4 is 21.8 Å². The van der Waals surface area contributed by atoms with E-state index in [1.165, 1.54) is 4.90 Å². The first-order valence-corrected chi connectivity index (χ1v) is 5.50. The molecule has 0 fully saturated rings. The summed E-state index contributed by atoms with van der Waals surface area (Å²) in [7, 11) is 3.45. The molecule has 1 aromatic rings. The first-order chi connectivity index (χ1) is 6.75. The molecule has 5 heteroatoms. The Balaban J connectivity index is 3.16. The van der Waals surface area contributed by atoms with Crippen LogP contribution in [0.2, 0.25) is 0 Å². The van der Waals surface area contributed by atoms with Crippen LogP contribution >= 0.6 is 15.9 Å². The fourth-order valence-electron chi connectivity index (χ4n) is 1.19. The minimum Gasteiger partial charge on any atom is -0.345 e. The lowest BCUT2D eigenvalue weighted by Crippen LogP contribution is -2.25. The van der Waals surface area contributed by atoms with Crippen molar-refractivity contribution in [2.45, 2.75) is 26.3 Å². The predicted molar refractivity (Wildman–Crippen MR) is 62.9 cm³/mol. The second-order valence-electron chi connectivity index (χ2n) is 4.63. The zero-order valence-corrected chi connectivity index (χ0v) is 11.3. The Morgan fingerprint density at radius 1 is 1.47 bits per heavy atom. The average Bonchev–Trinajstić information content (AvgIpc) is 2.44. The summed E-state index contributed by atoms with van der Waals surface area (Å²) >= 11 is 3.41. The fraction of sp³-hybridized carbons (Fsp3) is 0.600. The van der Waals surface area contributed by atoms with Gasteiger partial charge in [-0.25, -0.2) is 0 Å². The lowest BCUT2D eigenvalue weighted by Gasteiger charge is -2.20. The van der Waals surface area contributed by atoms with E-state index in [4.69, 9.17) is 0 Å². The second kappa shape index (κ2) is 3.96. The highest BCUT2D eigenvalue weighted by atomic mass is 79.9. The van der Waals surface area contributed by atoms with Crippen molar-refractivity contribution in [3.8, 4) is 0 Å². The minimum atomic E-state index is -0.135. The molecule has 0 aliphatic carbocycles. The van der Waals surface area contributed by atoms with Gasteiger partial charge in [-0.05, 0) is 36.7 Å². The van der Waals surface area contributed by atoms with Gasteiger partial charge in [-0.15, -0.1) is 0 Å². The molecule has 1 heterocycles. The van der Waals surface area contributed by atoms with Crippen LogP contribution in [0, 0.1) is 0 Å². The van der Waals surface area contributed by atoms with E-state index in [9.17, 15) is 4.79 Å². The third kappa shape index (κ3) is 2.40. The highest BCUT2D eigenvalue weighted by molar-refractivity contribution is 9.10. The number of rotatable bonds is 1. The van der Waals surface area contributed by atoms with E-state index >= 15 is 0 Å². The molecule has 0 saturated carbocycles. The van der Waals surface area contributed by atoms with Crippen molar-refractivity contribution in [3.05, 3.63) is 16.4 Å². The van der Waals surface area contributed by atoms with Gasteiger partial charge in [0.15, 0.2) is 0 Å². The van der Waals surface area contributed by atoms with Gasteiger partial charge in [0.2, 0.25) is 0 Å². The molecule has 1 amide bonds. The predicted octanol–water partition coefficient (Wildman–Crippen LogP) is 2.10. The normalized spacial score (nSPS) is 11.6. The SMILES string of the molecule is CN(C)C(=O)c1cnn(C(C)(C)C)c1Br. The summed E-state index contributed by atoms with van der Waals surface area (Å²) in [5.41, 5.74) is 0.457. The van der Waals surface area contributed by atoms with Gasteiger partial charge >= 0.3 is 0 Å². The summed E-state index contributed by atoms with van der Waals surface area (Å²) in [5, 5.41) is 4.21. The number of aromatic nitrogens is 2. The van der Waals surface area contributed by atoms with Crippen molar-refractivity contribution in [2.24, 2.45) is 0 Å². The lowest BCUT2D eigenvalue weighted by atomic mass is 10.1. The summed E-state index contributed by atoms with van der Waals surface area (Å²) in [6.45, 7) is 6.11. The minimum absolute atomic E-state index is 0.0441. The van der Waals surface area contributed by atoms with Gasteiger partial charge in [0.1, 0.15) is 4.60 Å². The van der Waals surface area contributed by atoms with Crippen LogP contribution in [0.5, 0.6) is 0 Å². The first kappa shape index (κ1) is 12.2. The van der Waals surface area contributed by atoms with Gasteiger partial charge in [-0.1, -0.05) is 0 Å². The van der Waals surface area contributed by atoms with E-state index in [1.807, 2.05) is 20.8 Å². The van der Waals surface area contributed by atoms with Gasteiger partial charge < -0.3 is 4.90 Å². The zero-order chi connectivity index (χ0) is 11.8. The Morgan fingerprint density at radius 3 is 2.33 bits per heavy atom. The van der Waals surface area contributed by atoms with E-state index < -0.39 is 0 Å². The second-order valence-corrected chi connectivity index (χ2v) is 5.38. The van der Waals surface area contributed by atoms with Crippen molar-refractivity contribution in [3.63, 3.8) is 0 Å². The van der Waals surface area contributed by atoms with E-state index in [-0.39, 0.29) is 11.4 Å². The molecule has 0 bridgehead atoms. The maximum atomic E-state index is 11.7. The third-order valence-electron chi connectivity index (χ3n) is 1.98. The highest BCUT2D eigenvalue weighted by Crippen LogP contribution is 2.24. The maximum absolute atomic E-state index is 11.7. The summed E-state index contributed by atoms with van der Waals surface area (Å²) in [6, 6.07) is 0. The number of halogens is 1. The van der Waals surface area contributed by atoms with Gasteiger partial charge in [0.25, 0.3) is 5.91 Å². The molecule has 0 radical (unpaired) electrons. The maximum Gasteiger partial charge on any atom is 0.257 e. The van der Waals surface area contributed by atoms with Crippen LogP contribution in [-0.4, -0.2) is 34.7 Å². The van der Waals surface area contributed by atoms with Crippen molar-refractivity contribution in [1.82, 2.24) is 14.7 Å². The summed E-state index contributed by atoms with van der Waals surface area (Å²) in [5.74, 6) is -0.0441. The zero-order valence-electron chi connectivity index (χ0n) is 9.71. The molecule has 1 rings (SSSR count). The van der Waals surface area contributed by atoms with Gasteiger partial charge in [-0.2, -0.15) is 5.10 Å². The van der Waals surface area contributed by atoms with Crippen LogP contribution in [-0.2, 0) is 5.54 Å². The van der Waals surface area contributed by atoms with Crippen LogP contribution < -0.4 is 0 Å². The number of amides is 1. The summed E-state index contributed by atoms with van der Waals surface area (Å²) < 4.78 is 2.53. The Hall–Kier alpha value is -0.840. The van der Waals surface area contributed by atoms with Gasteiger partial charge in [0, 0.05) is 14.1 Å². The number of carbonyl (C=O) groups is 1. The number of carbonyl (C=O) groups excluding carboxylic acids is 1. The van der Waals surface area contributed by atoms with E-state index in [0.717, 1.165) is 4.60 Å². The highest BCUT2D eigenvalue weighted by Gasteiger charge is 2.23. The monoisotopic (exact) mass is 273 g/mol. The Labute approximate surface area is 98.4 Å². The van der Waals surface area contributed by atoms with E-state index in [0.29, 0.717) is 5.56 Å². The first-order valence-electron chi connectivity index (χ1n) is 4.71. The Bertz CT molecular complexity index is 377. The van der Waals surface area contributed by atoms with E-state index in [1.54, 1.807) is 25.0 Å². The van der Waals surface area contributed by atoms with Crippen molar-refractivity contribution in [2.75, 3.05) is 14.1 Å². The van der Waals surface area contributed by atoms with Crippen LogP contribution in [0.1, 0.15) is 31.1 Å². The Kier molecular flexibility index (Phi) is 3.23. The summed E-state index contributed by atoms with van der Waals surface area (Å²) in [4.78, 5) is 13.3. The van der Waals surface area contributed by atoms with Crippen molar-refractivity contribution < 1.29 is 4.79 Å². The van der Waals surface area contributed by atoms with Crippen LogP contribution in [0.15, 0.2) is 10.8 Å². The molecule has 0 aromatic carbocycles. The van der Waals surface area contributed by atoms with Gasteiger partial charge in [-0.3, -0.25) is 9.48 Å². The molecule has 0 unspecified atom stereocenters. The fourth-order valence-corrected chi connectivity index (χ4v) is 2.08. The molecular weight excluding hydrogens is 258 g/mol. The molecule has 0 atom stereocenters. The average molecular weight is 274 g/mol. The summed E-state index contributed by atoms with van der Waals surface area (Å²) in [6.07, 6.45) is 1.59. The largest absolute Gasteiger partial charge is 0.345 e. The standard InChI is InChI=1S/C10H16BrN3O/c1-10(2,3)14-8(11)7(6-12-14)9(15)13(4)5/h6H,1-5H3. The molecule has 0 spiro atoms. The Morgan fingerprint density at radius 2 is 2.00 bits per heavy atom. The van der Waals surface area contributed by atoms with E-state index in [2.05, 4.69) is 21.0 Å². The topological polar surface area (TPSA) is 38.1 Å². The number of hydrogen-bond donors (Lipinski definition) is 0. The smallest absolute Gasteiger partial charge is 0.257 e. The van der Waals surface area contributed by atoms with Crippen molar-refractivity contribution in [1.29, 1.82) is 0 Å². The number of hydrogen-bond acceptors (Lipinski definition) is 2. The lowest BCUT2D eigenvalue weighted by molar-refractivity contribution is 0.0826. The molecule has 0 saturated heterocycles. The quantitative estimate of drug-likeness (QED) is 0.786. The molecule has 84 valence electrons. The molecule has 0 aliphatic rings. The molecule has 0 N–H and O–H groups in total. The van der Waals surface area contributed by atoms with Crippen LogP contribution in [0.25, 0.3) is 0 Å². The molecular formula is C10H16BrN3O. The number of nitrogens with zero attached hydrogens (tertiary/aromatic N) is 3. The molecule has 1 aromatic heterocycles.